The highest BCUT2D eigenvalue weighted by atomic mass is 35.5. The Hall–Kier alpha value is -0.480. The molecule has 0 aromatic rings. The molecule has 0 unspecified atom stereocenters. The average molecular weight is 236 g/mol. The van der Waals surface area contributed by atoms with E-state index in [2.05, 4.69) is 0 Å². The van der Waals surface area contributed by atoms with Gasteiger partial charge in [-0.25, -0.2) is 4.79 Å². The first-order chi connectivity index (χ1) is 7.34. The molecule has 1 amide bonds. The third-order valence-corrected chi connectivity index (χ3v) is 2.44. The van der Waals surface area contributed by atoms with Crippen LogP contribution in [0.2, 0.25) is 0 Å². The van der Waals surface area contributed by atoms with Crippen molar-refractivity contribution in [1.82, 2.24) is 4.90 Å². The molecule has 88 valence electrons. The molecule has 0 saturated carbocycles. The molecule has 4 nitrogen and oxygen atoms in total. The number of rotatable bonds is 5. The summed E-state index contributed by atoms with van der Waals surface area (Å²) >= 11 is 5.42. The molecule has 15 heavy (non-hydrogen) atoms. The van der Waals surface area contributed by atoms with Gasteiger partial charge < -0.3 is 14.4 Å². The topological polar surface area (TPSA) is 38.8 Å². The molecule has 0 aliphatic carbocycles. The largest absolute Gasteiger partial charge is 0.447 e. The van der Waals surface area contributed by atoms with E-state index < -0.39 is 0 Å². The molecule has 1 rings (SSSR count). The average Bonchev–Trinajstić information content (AvgIpc) is 2.30. The number of ether oxygens (including phenoxy) is 2. The molecule has 5 heteroatoms. The van der Waals surface area contributed by atoms with E-state index in [1.165, 1.54) is 6.42 Å². The Bertz CT molecular complexity index is 184. The maximum absolute atomic E-state index is 11.5. The second kappa shape index (κ2) is 7.77. The van der Waals surface area contributed by atoms with Crippen LogP contribution in [0.1, 0.15) is 19.3 Å². The first-order valence-electron chi connectivity index (χ1n) is 5.40. The predicted molar refractivity (Wildman–Crippen MR) is 58.3 cm³/mol. The Kier molecular flexibility index (Phi) is 6.52. The highest BCUT2D eigenvalue weighted by molar-refractivity contribution is 6.17. The Morgan fingerprint density at radius 3 is 2.53 bits per heavy atom. The predicted octanol–water partition coefficient (Wildman–Crippen LogP) is 1.86. The molecule has 0 atom stereocenters. The molecule has 0 aromatic heterocycles. The first kappa shape index (κ1) is 12.6. The van der Waals surface area contributed by atoms with Gasteiger partial charge in [0.25, 0.3) is 0 Å². The quantitative estimate of drug-likeness (QED) is 0.539. The van der Waals surface area contributed by atoms with Crippen LogP contribution < -0.4 is 0 Å². The molecule has 1 heterocycles. The number of hydrogen-bond acceptors (Lipinski definition) is 3. The van der Waals surface area contributed by atoms with E-state index in [4.69, 9.17) is 21.1 Å². The Morgan fingerprint density at radius 2 is 1.87 bits per heavy atom. The van der Waals surface area contributed by atoms with E-state index in [9.17, 15) is 4.79 Å². The molecular formula is C10H18ClNO3. The number of carbonyl (C=O) groups excluding carboxylic acids is 1. The molecule has 0 aromatic carbocycles. The maximum Gasteiger partial charge on any atom is 0.409 e. The van der Waals surface area contributed by atoms with Crippen molar-refractivity contribution in [1.29, 1.82) is 0 Å². The summed E-state index contributed by atoms with van der Waals surface area (Å²) in [6, 6.07) is 0. The van der Waals surface area contributed by atoms with Crippen molar-refractivity contribution >= 4 is 17.7 Å². The summed E-state index contributed by atoms with van der Waals surface area (Å²) in [4.78, 5) is 13.2. The van der Waals surface area contributed by atoms with Crippen LogP contribution in [0.3, 0.4) is 0 Å². The highest BCUT2D eigenvalue weighted by Crippen LogP contribution is 2.09. The summed E-state index contributed by atoms with van der Waals surface area (Å²) in [5.74, 6) is 0.472. The Morgan fingerprint density at radius 1 is 1.13 bits per heavy atom. The fourth-order valence-electron chi connectivity index (χ4n) is 1.51. The molecule has 0 bridgehead atoms. The van der Waals surface area contributed by atoms with Crippen molar-refractivity contribution in [2.24, 2.45) is 0 Å². The molecule has 1 saturated heterocycles. The molecule has 1 aliphatic rings. The lowest BCUT2D eigenvalue weighted by Crippen LogP contribution is -2.36. The van der Waals surface area contributed by atoms with Crippen molar-refractivity contribution < 1.29 is 14.3 Å². The number of piperidine rings is 1. The van der Waals surface area contributed by atoms with Crippen LogP contribution in [0.4, 0.5) is 4.79 Å². The zero-order valence-electron chi connectivity index (χ0n) is 8.91. The zero-order valence-corrected chi connectivity index (χ0v) is 9.67. The highest BCUT2D eigenvalue weighted by Gasteiger charge is 2.16. The monoisotopic (exact) mass is 235 g/mol. The van der Waals surface area contributed by atoms with Gasteiger partial charge in [-0.1, -0.05) is 0 Å². The number of amides is 1. The third kappa shape index (κ3) is 5.23. The normalized spacial score (nSPS) is 16.5. The minimum atomic E-state index is -0.218. The van der Waals surface area contributed by atoms with E-state index in [-0.39, 0.29) is 6.09 Å². The lowest BCUT2D eigenvalue weighted by molar-refractivity contribution is 0.0562. The zero-order chi connectivity index (χ0) is 10.9. The number of carbonyl (C=O) groups is 1. The van der Waals surface area contributed by atoms with Crippen LogP contribution in [0.5, 0.6) is 0 Å². The summed E-state index contributed by atoms with van der Waals surface area (Å²) in [7, 11) is 0. The minimum absolute atomic E-state index is 0.218. The first-order valence-corrected chi connectivity index (χ1v) is 5.93. The number of halogens is 1. The number of alkyl halides is 1. The van der Waals surface area contributed by atoms with Crippen molar-refractivity contribution in [3.05, 3.63) is 0 Å². The number of likely N-dealkylation sites (tertiary alicyclic amines) is 1. The van der Waals surface area contributed by atoms with Gasteiger partial charge in [-0.05, 0) is 19.3 Å². The Balaban J connectivity index is 2.02. The molecule has 0 spiro atoms. The van der Waals surface area contributed by atoms with E-state index in [0.717, 1.165) is 25.9 Å². The van der Waals surface area contributed by atoms with Crippen LogP contribution in [0.15, 0.2) is 0 Å². The van der Waals surface area contributed by atoms with E-state index in [0.29, 0.717) is 25.7 Å². The van der Waals surface area contributed by atoms with Gasteiger partial charge in [-0.2, -0.15) is 0 Å². The van der Waals surface area contributed by atoms with Gasteiger partial charge in [0, 0.05) is 19.0 Å². The lowest BCUT2D eigenvalue weighted by atomic mass is 10.1. The van der Waals surface area contributed by atoms with Crippen LogP contribution in [-0.2, 0) is 9.47 Å². The standard InChI is InChI=1S/C10H18ClNO3/c11-4-7-14-8-9-15-10(13)12-5-2-1-3-6-12/h1-9H2. The molecule has 0 N–H and O–H groups in total. The Labute approximate surface area is 95.5 Å². The molecular weight excluding hydrogens is 218 g/mol. The third-order valence-electron chi connectivity index (χ3n) is 2.29. The summed E-state index contributed by atoms with van der Waals surface area (Å²) < 4.78 is 10.1. The van der Waals surface area contributed by atoms with Crippen molar-refractivity contribution in [3.63, 3.8) is 0 Å². The summed E-state index contributed by atoms with van der Waals surface area (Å²) in [5.41, 5.74) is 0. The second-order valence-electron chi connectivity index (χ2n) is 3.46. The van der Waals surface area contributed by atoms with Gasteiger partial charge in [0.2, 0.25) is 0 Å². The van der Waals surface area contributed by atoms with Crippen molar-refractivity contribution in [2.45, 2.75) is 19.3 Å². The molecule has 1 aliphatic heterocycles. The minimum Gasteiger partial charge on any atom is -0.447 e. The van der Waals surface area contributed by atoms with Crippen molar-refractivity contribution in [3.8, 4) is 0 Å². The fraction of sp³-hybridized carbons (Fsp3) is 0.900. The van der Waals surface area contributed by atoms with Gasteiger partial charge in [0.1, 0.15) is 6.61 Å². The van der Waals surface area contributed by atoms with Crippen LogP contribution in [0.25, 0.3) is 0 Å². The SMILES string of the molecule is O=C(OCCOCCCl)N1CCCCC1. The molecule has 1 fully saturated rings. The maximum atomic E-state index is 11.5. The second-order valence-corrected chi connectivity index (χ2v) is 3.84. The van der Waals surface area contributed by atoms with Crippen molar-refractivity contribution in [2.75, 3.05) is 38.8 Å². The summed E-state index contributed by atoms with van der Waals surface area (Å²) in [5, 5.41) is 0. The summed E-state index contributed by atoms with van der Waals surface area (Å²) in [6.07, 6.45) is 3.15. The van der Waals surface area contributed by atoms with E-state index in [1.54, 1.807) is 4.90 Å². The molecule has 0 radical (unpaired) electrons. The van der Waals surface area contributed by atoms with Gasteiger partial charge in [0.05, 0.1) is 13.2 Å². The van der Waals surface area contributed by atoms with Gasteiger partial charge in [-0.15, -0.1) is 11.6 Å². The van der Waals surface area contributed by atoms with Crippen LogP contribution in [0, 0.1) is 0 Å². The van der Waals surface area contributed by atoms with E-state index >= 15 is 0 Å². The van der Waals surface area contributed by atoms with Gasteiger partial charge in [0.15, 0.2) is 0 Å². The van der Waals surface area contributed by atoms with Gasteiger partial charge in [-0.3, -0.25) is 0 Å². The van der Waals surface area contributed by atoms with Gasteiger partial charge >= 0.3 is 6.09 Å². The van der Waals surface area contributed by atoms with E-state index in [1.807, 2.05) is 0 Å². The lowest BCUT2D eigenvalue weighted by Gasteiger charge is -2.25. The van der Waals surface area contributed by atoms with Crippen LogP contribution in [-0.4, -0.2) is 49.8 Å². The van der Waals surface area contributed by atoms with Crippen LogP contribution >= 0.6 is 11.6 Å². The number of hydrogen-bond donors (Lipinski definition) is 0. The number of nitrogens with zero attached hydrogens (tertiary/aromatic N) is 1. The smallest absolute Gasteiger partial charge is 0.409 e. The fourth-order valence-corrected chi connectivity index (χ4v) is 1.62. The summed E-state index contributed by atoms with van der Waals surface area (Å²) in [6.45, 7) is 2.88.